The van der Waals surface area contributed by atoms with Crippen LogP contribution in [0.15, 0.2) is 30.3 Å². The van der Waals surface area contributed by atoms with Crippen LogP contribution in [0.25, 0.3) is 0 Å². The fourth-order valence-electron chi connectivity index (χ4n) is 4.37. The Hall–Kier alpha value is -2.04. The molecule has 1 saturated heterocycles. The van der Waals surface area contributed by atoms with E-state index in [2.05, 4.69) is 0 Å². The summed E-state index contributed by atoms with van der Waals surface area (Å²) in [4.78, 5) is 25.9. The molecule has 2 fully saturated rings. The number of carboxylic acid groups (broad SMARTS) is 1. The van der Waals surface area contributed by atoms with Gasteiger partial charge in [0, 0.05) is 18.5 Å². The van der Waals surface area contributed by atoms with Crippen LogP contribution in [0, 0.1) is 11.3 Å². The van der Waals surface area contributed by atoms with E-state index in [1.165, 1.54) is 6.42 Å². The van der Waals surface area contributed by atoms with Crippen LogP contribution in [0.1, 0.15) is 50.5 Å². The minimum absolute atomic E-state index is 0.223. The number of benzene rings is 1. The molecule has 5 nitrogen and oxygen atoms in total. The van der Waals surface area contributed by atoms with Gasteiger partial charge in [-0.2, -0.15) is 0 Å². The second-order valence-electron chi connectivity index (χ2n) is 7.44. The normalized spacial score (nSPS) is 23.0. The first-order chi connectivity index (χ1) is 12.1. The Morgan fingerprint density at radius 3 is 2.36 bits per heavy atom. The Kier molecular flexibility index (Phi) is 5.61. The van der Waals surface area contributed by atoms with E-state index in [-0.39, 0.29) is 18.6 Å². The van der Waals surface area contributed by atoms with E-state index in [0.717, 1.165) is 44.1 Å². The highest BCUT2D eigenvalue weighted by Gasteiger charge is 2.51. The third-order valence-corrected chi connectivity index (χ3v) is 5.76. The van der Waals surface area contributed by atoms with Crippen molar-refractivity contribution in [2.45, 2.75) is 51.6 Å². The van der Waals surface area contributed by atoms with E-state index in [1.807, 2.05) is 30.3 Å². The lowest BCUT2D eigenvalue weighted by Gasteiger charge is -2.34. The molecule has 0 bridgehead atoms. The summed E-state index contributed by atoms with van der Waals surface area (Å²) in [7, 11) is 0. The van der Waals surface area contributed by atoms with Crippen LogP contribution >= 0.6 is 0 Å². The molecule has 0 radical (unpaired) electrons. The van der Waals surface area contributed by atoms with Crippen molar-refractivity contribution in [2.24, 2.45) is 11.3 Å². The molecule has 1 unspecified atom stereocenters. The molecule has 136 valence electrons. The molecular formula is C20H27NO4. The first-order valence-electron chi connectivity index (χ1n) is 9.29. The molecule has 25 heavy (non-hydrogen) atoms. The van der Waals surface area contributed by atoms with Gasteiger partial charge in [0.15, 0.2) is 0 Å². The van der Waals surface area contributed by atoms with Gasteiger partial charge in [0.05, 0.1) is 5.92 Å². The molecule has 2 aliphatic rings. The van der Waals surface area contributed by atoms with Crippen molar-refractivity contribution in [3.63, 3.8) is 0 Å². The number of likely N-dealkylation sites (tertiary alicyclic amines) is 1. The van der Waals surface area contributed by atoms with Gasteiger partial charge in [-0.25, -0.2) is 4.79 Å². The molecule has 1 heterocycles. The Morgan fingerprint density at radius 1 is 1.08 bits per heavy atom. The zero-order chi connectivity index (χ0) is 17.7. The Morgan fingerprint density at radius 2 is 1.72 bits per heavy atom. The summed E-state index contributed by atoms with van der Waals surface area (Å²) in [5.74, 6) is -1.26. The van der Waals surface area contributed by atoms with Crippen LogP contribution in [0.4, 0.5) is 4.79 Å². The van der Waals surface area contributed by atoms with Crippen LogP contribution in [-0.4, -0.2) is 35.2 Å². The van der Waals surface area contributed by atoms with Crippen LogP contribution in [-0.2, 0) is 16.1 Å². The van der Waals surface area contributed by atoms with Gasteiger partial charge >= 0.3 is 12.1 Å². The molecule has 1 saturated carbocycles. The van der Waals surface area contributed by atoms with Gasteiger partial charge in [0.25, 0.3) is 0 Å². The number of amides is 1. The van der Waals surface area contributed by atoms with Crippen LogP contribution in [0.2, 0.25) is 0 Å². The Bertz CT molecular complexity index is 593. The molecule has 0 aromatic heterocycles. The van der Waals surface area contributed by atoms with Gasteiger partial charge in [-0.3, -0.25) is 4.79 Å². The predicted molar refractivity (Wildman–Crippen MR) is 94.1 cm³/mol. The maximum atomic E-state index is 12.5. The summed E-state index contributed by atoms with van der Waals surface area (Å²) in [6.45, 7) is 1.00. The number of carboxylic acids is 1. The van der Waals surface area contributed by atoms with Gasteiger partial charge in [0.2, 0.25) is 0 Å². The van der Waals surface area contributed by atoms with Crippen molar-refractivity contribution in [1.82, 2.24) is 4.90 Å². The summed E-state index contributed by atoms with van der Waals surface area (Å²) in [5.41, 5.74) is 0.656. The van der Waals surface area contributed by atoms with Gasteiger partial charge in [-0.15, -0.1) is 0 Å². The van der Waals surface area contributed by atoms with Crippen molar-refractivity contribution >= 4 is 12.1 Å². The molecule has 1 atom stereocenters. The Balaban J connectivity index is 1.66. The molecule has 1 aromatic rings. The van der Waals surface area contributed by atoms with E-state index in [9.17, 15) is 14.7 Å². The second kappa shape index (κ2) is 7.89. The monoisotopic (exact) mass is 345 g/mol. The molecular weight excluding hydrogens is 318 g/mol. The molecule has 1 aliphatic heterocycles. The molecule has 1 amide bonds. The summed E-state index contributed by atoms with van der Waals surface area (Å²) in [5, 5.41) is 9.72. The SMILES string of the molecule is O=C(O)C1CN(C(=O)OCc2ccccc2)CC12CCCCCCC2. The lowest BCUT2D eigenvalue weighted by molar-refractivity contribution is -0.145. The number of carbonyl (C=O) groups is 2. The van der Waals surface area contributed by atoms with Crippen molar-refractivity contribution in [2.75, 3.05) is 13.1 Å². The third-order valence-electron chi connectivity index (χ3n) is 5.76. The highest BCUT2D eigenvalue weighted by Crippen LogP contribution is 2.46. The number of aliphatic carboxylic acids is 1. The summed E-state index contributed by atoms with van der Waals surface area (Å²) in [6.07, 6.45) is 7.05. The van der Waals surface area contributed by atoms with Gasteiger partial charge in [0.1, 0.15) is 6.61 Å². The first kappa shape index (κ1) is 17.8. The maximum Gasteiger partial charge on any atom is 0.410 e. The highest BCUT2D eigenvalue weighted by molar-refractivity contribution is 5.75. The number of carbonyl (C=O) groups excluding carboxylic acids is 1. The summed E-state index contributed by atoms with van der Waals surface area (Å²) >= 11 is 0. The van der Waals surface area contributed by atoms with Crippen LogP contribution in [0.5, 0.6) is 0 Å². The number of rotatable bonds is 3. The number of ether oxygens (including phenoxy) is 1. The van der Waals surface area contributed by atoms with Gasteiger partial charge in [-0.1, -0.05) is 62.4 Å². The summed E-state index contributed by atoms with van der Waals surface area (Å²) < 4.78 is 5.42. The van der Waals surface area contributed by atoms with Crippen molar-refractivity contribution in [3.05, 3.63) is 35.9 Å². The Labute approximate surface area is 149 Å². The second-order valence-corrected chi connectivity index (χ2v) is 7.44. The lowest BCUT2D eigenvalue weighted by Crippen LogP contribution is -2.36. The topological polar surface area (TPSA) is 66.8 Å². The van der Waals surface area contributed by atoms with Crippen LogP contribution < -0.4 is 0 Å². The zero-order valence-electron chi connectivity index (χ0n) is 14.7. The van der Waals surface area contributed by atoms with Crippen molar-refractivity contribution in [1.29, 1.82) is 0 Å². The molecule has 5 heteroatoms. The average Bonchev–Trinajstić information content (AvgIpc) is 2.98. The van der Waals surface area contributed by atoms with Crippen molar-refractivity contribution in [3.8, 4) is 0 Å². The van der Waals surface area contributed by atoms with E-state index >= 15 is 0 Å². The number of hydrogen-bond acceptors (Lipinski definition) is 3. The molecule has 1 N–H and O–H groups in total. The molecule has 1 spiro atoms. The minimum Gasteiger partial charge on any atom is -0.481 e. The fraction of sp³-hybridized carbons (Fsp3) is 0.600. The van der Waals surface area contributed by atoms with Crippen LogP contribution in [0.3, 0.4) is 0 Å². The standard InChI is InChI=1S/C20H27NO4/c22-18(23)17-13-21(15-20(17)11-7-2-1-3-8-12-20)19(24)25-14-16-9-5-4-6-10-16/h4-6,9-10,17H,1-3,7-8,11-15H2,(H,22,23). The van der Waals surface area contributed by atoms with E-state index in [4.69, 9.17) is 4.74 Å². The molecule has 1 aliphatic carbocycles. The lowest BCUT2D eigenvalue weighted by atomic mass is 9.69. The fourth-order valence-corrected chi connectivity index (χ4v) is 4.37. The number of nitrogens with zero attached hydrogens (tertiary/aromatic N) is 1. The summed E-state index contributed by atoms with van der Waals surface area (Å²) in [6, 6.07) is 9.55. The zero-order valence-corrected chi connectivity index (χ0v) is 14.7. The van der Waals surface area contributed by atoms with E-state index in [0.29, 0.717) is 6.54 Å². The van der Waals surface area contributed by atoms with E-state index < -0.39 is 18.0 Å². The largest absolute Gasteiger partial charge is 0.481 e. The maximum absolute atomic E-state index is 12.5. The smallest absolute Gasteiger partial charge is 0.410 e. The van der Waals surface area contributed by atoms with E-state index in [1.54, 1.807) is 4.90 Å². The van der Waals surface area contributed by atoms with Crippen molar-refractivity contribution < 1.29 is 19.4 Å². The molecule has 3 rings (SSSR count). The number of hydrogen-bond donors (Lipinski definition) is 1. The van der Waals surface area contributed by atoms with Gasteiger partial charge in [-0.05, 0) is 18.4 Å². The predicted octanol–water partition coefficient (Wildman–Crippen LogP) is 4.07. The molecule has 1 aromatic carbocycles. The third kappa shape index (κ3) is 4.14. The van der Waals surface area contributed by atoms with Gasteiger partial charge < -0.3 is 14.7 Å². The minimum atomic E-state index is -0.779. The highest BCUT2D eigenvalue weighted by atomic mass is 16.6. The first-order valence-corrected chi connectivity index (χ1v) is 9.29. The quantitative estimate of drug-likeness (QED) is 0.897. The average molecular weight is 345 g/mol.